The van der Waals surface area contributed by atoms with Crippen LogP contribution in [0, 0.1) is 6.92 Å². The van der Waals surface area contributed by atoms with Gasteiger partial charge in [-0.25, -0.2) is 0 Å². The third-order valence-electron chi connectivity index (χ3n) is 7.11. The van der Waals surface area contributed by atoms with E-state index in [9.17, 15) is 9.59 Å². The molecule has 1 saturated carbocycles. The van der Waals surface area contributed by atoms with Crippen molar-refractivity contribution in [3.05, 3.63) is 69.6 Å². The fourth-order valence-electron chi connectivity index (χ4n) is 4.94. The van der Waals surface area contributed by atoms with Crippen LogP contribution in [0.3, 0.4) is 0 Å². The quantitative estimate of drug-likeness (QED) is 0.498. The average molecular weight is 476 g/mol. The van der Waals surface area contributed by atoms with Crippen LogP contribution >= 0.6 is 0 Å². The van der Waals surface area contributed by atoms with E-state index in [-0.39, 0.29) is 11.3 Å². The molecule has 2 heterocycles. The molecule has 35 heavy (non-hydrogen) atoms. The van der Waals surface area contributed by atoms with Gasteiger partial charge in [0.25, 0.3) is 5.91 Å². The molecule has 1 N–H and O–H groups in total. The number of hydrogen-bond donors (Lipinski definition) is 1. The highest BCUT2D eigenvalue weighted by Gasteiger charge is 2.30. The number of fused-ring (bicyclic) bond motifs is 1. The van der Waals surface area contributed by atoms with Gasteiger partial charge in [-0.3, -0.25) is 14.5 Å². The number of ether oxygens (including phenoxy) is 1. The Balaban J connectivity index is 1.15. The minimum absolute atomic E-state index is 0.0323. The highest BCUT2D eigenvalue weighted by Crippen LogP contribution is 2.42. The Bertz CT molecular complexity index is 1270. The summed E-state index contributed by atoms with van der Waals surface area (Å²) in [5, 5.41) is 3.50. The number of carbonyl (C=O) groups is 1. The van der Waals surface area contributed by atoms with Gasteiger partial charge in [-0.05, 0) is 57.0 Å². The molecule has 2 aliphatic rings. The summed E-state index contributed by atoms with van der Waals surface area (Å²) in [6.45, 7) is 7.17. The van der Waals surface area contributed by atoms with Gasteiger partial charge in [0.15, 0.2) is 11.0 Å². The first-order valence-electron chi connectivity index (χ1n) is 12.5. The van der Waals surface area contributed by atoms with Crippen molar-refractivity contribution in [3.8, 4) is 5.75 Å². The Kier molecular flexibility index (Phi) is 6.77. The zero-order valence-electron chi connectivity index (χ0n) is 20.5. The number of para-hydroxylation sites is 3. The molecule has 1 aliphatic carbocycles. The zero-order chi connectivity index (χ0) is 24.4. The summed E-state index contributed by atoms with van der Waals surface area (Å²) in [4.78, 5) is 30.6. The Morgan fingerprint density at radius 1 is 1.09 bits per heavy atom. The topological polar surface area (TPSA) is 75.0 Å². The first-order valence-corrected chi connectivity index (χ1v) is 12.5. The van der Waals surface area contributed by atoms with Crippen molar-refractivity contribution in [1.29, 1.82) is 0 Å². The molecular weight excluding hydrogens is 442 g/mol. The van der Waals surface area contributed by atoms with E-state index in [4.69, 9.17) is 9.15 Å². The van der Waals surface area contributed by atoms with Gasteiger partial charge in [0.05, 0.1) is 23.7 Å². The van der Waals surface area contributed by atoms with Crippen LogP contribution in [0.25, 0.3) is 11.0 Å². The largest absolute Gasteiger partial charge is 0.495 e. The maximum absolute atomic E-state index is 13.0. The summed E-state index contributed by atoms with van der Waals surface area (Å²) in [6, 6.07) is 13.4. The van der Waals surface area contributed by atoms with Crippen molar-refractivity contribution < 1.29 is 13.9 Å². The number of anilines is 1. The molecule has 3 aromatic rings. The standard InChI is InChI=1S/C28H33N3O4/c1-19-25(32)21-7-5-8-22(27(21)35-26(19)20-11-12-20)28(33)29-13-6-14-30-15-17-31(18-16-30)23-9-3-4-10-24(23)34-2/h3-5,7-10,20H,6,11-18H2,1-2H3,(H,29,33). The summed E-state index contributed by atoms with van der Waals surface area (Å²) >= 11 is 0. The third-order valence-corrected chi connectivity index (χ3v) is 7.11. The second-order valence-electron chi connectivity index (χ2n) is 9.49. The molecule has 7 nitrogen and oxygen atoms in total. The minimum Gasteiger partial charge on any atom is -0.495 e. The number of nitrogens with one attached hydrogen (secondary N) is 1. The molecule has 1 saturated heterocycles. The van der Waals surface area contributed by atoms with Crippen molar-refractivity contribution in [2.24, 2.45) is 0 Å². The lowest BCUT2D eigenvalue weighted by atomic mass is 10.1. The summed E-state index contributed by atoms with van der Waals surface area (Å²) in [5.74, 6) is 1.78. The predicted molar refractivity (Wildman–Crippen MR) is 138 cm³/mol. The van der Waals surface area contributed by atoms with Gasteiger partial charge in [-0.2, -0.15) is 0 Å². The number of rotatable bonds is 8. The summed E-state index contributed by atoms with van der Waals surface area (Å²) < 4.78 is 11.6. The maximum Gasteiger partial charge on any atom is 0.255 e. The Hall–Kier alpha value is -3.32. The monoisotopic (exact) mass is 475 g/mol. The Labute approximate surface area is 205 Å². The summed E-state index contributed by atoms with van der Waals surface area (Å²) in [5.41, 5.74) is 2.63. The second-order valence-corrected chi connectivity index (χ2v) is 9.49. The number of benzene rings is 2. The number of piperazine rings is 1. The van der Waals surface area contributed by atoms with Crippen LogP contribution in [-0.4, -0.2) is 57.2 Å². The number of hydrogen-bond acceptors (Lipinski definition) is 6. The third kappa shape index (κ3) is 4.91. The smallest absolute Gasteiger partial charge is 0.255 e. The molecule has 7 heteroatoms. The van der Waals surface area contributed by atoms with Crippen LogP contribution in [0.5, 0.6) is 5.75 Å². The summed E-state index contributed by atoms with van der Waals surface area (Å²) in [7, 11) is 1.71. The van der Waals surface area contributed by atoms with Crippen molar-refractivity contribution >= 4 is 22.6 Å². The fourth-order valence-corrected chi connectivity index (χ4v) is 4.94. The first-order chi connectivity index (χ1) is 17.1. The van der Waals surface area contributed by atoms with Gasteiger partial charge in [-0.1, -0.05) is 18.2 Å². The van der Waals surface area contributed by atoms with Crippen molar-refractivity contribution in [2.45, 2.75) is 32.1 Å². The van der Waals surface area contributed by atoms with Crippen LogP contribution in [0.1, 0.15) is 46.9 Å². The lowest BCUT2D eigenvalue weighted by Crippen LogP contribution is -2.47. The molecule has 1 amide bonds. The van der Waals surface area contributed by atoms with E-state index in [1.54, 1.807) is 25.3 Å². The van der Waals surface area contributed by atoms with Crippen LogP contribution < -0.4 is 20.4 Å². The molecule has 0 radical (unpaired) electrons. The fraction of sp³-hybridized carbons (Fsp3) is 0.429. The normalized spacial score (nSPS) is 16.5. The van der Waals surface area contributed by atoms with E-state index in [2.05, 4.69) is 21.2 Å². The molecule has 0 spiro atoms. The number of nitrogens with zero attached hydrogens (tertiary/aromatic N) is 2. The lowest BCUT2D eigenvalue weighted by Gasteiger charge is -2.36. The Morgan fingerprint density at radius 2 is 1.86 bits per heavy atom. The van der Waals surface area contributed by atoms with Crippen LogP contribution in [0.2, 0.25) is 0 Å². The van der Waals surface area contributed by atoms with Crippen LogP contribution in [0.4, 0.5) is 5.69 Å². The SMILES string of the molecule is COc1ccccc1N1CCN(CCCNC(=O)c2cccc3c(=O)c(C)c(C4CC4)oc23)CC1. The van der Waals surface area contributed by atoms with Gasteiger partial charge in [0.2, 0.25) is 0 Å². The molecule has 0 unspecified atom stereocenters. The number of amides is 1. The van der Waals surface area contributed by atoms with Crippen LogP contribution in [-0.2, 0) is 0 Å². The number of carbonyl (C=O) groups excluding carboxylic acids is 1. The van der Waals surface area contributed by atoms with Crippen molar-refractivity contribution in [3.63, 3.8) is 0 Å². The minimum atomic E-state index is -0.189. The molecule has 1 aliphatic heterocycles. The van der Waals surface area contributed by atoms with Gasteiger partial charge in [-0.15, -0.1) is 0 Å². The van der Waals surface area contributed by atoms with Gasteiger partial charge in [0, 0.05) is 44.2 Å². The number of methoxy groups -OCH3 is 1. The van der Waals surface area contributed by atoms with E-state index in [1.165, 1.54) is 0 Å². The summed E-state index contributed by atoms with van der Waals surface area (Å²) in [6.07, 6.45) is 2.94. The first kappa shape index (κ1) is 23.4. The van der Waals surface area contributed by atoms with E-state index in [0.717, 1.165) is 69.2 Å². The highest BCUT2D eigenvalue weighted by atomic mass is 16.5. The molecule has 0 bridgehead atoms. The van der Waals surface area contributed by atoms with Crippen LogP contribution in [0.15, 0.2) is 51.7 Å². The van der Waals surface area contributed by atoms with Gasteiger partial charge in [0.1, 0.15) is 11.5 Å². The van der Waals surface area contributed by atoms with E-state index in [1.807, 2.05) is 25.1 Å². The zero-order valence-corrected chi connectivity index (χ0v) is 20.5. The highest BCUT2D eigenvalue weighted by molar-refractivity contribution is 6.04. The molecule has 2 aromatic carbocycles. The molecular formula is C28H33N3O4. The molecule has 2 fully saturated rings. The van der Waals surface area contributed by atoms with E-state index in [0.29, 0.717) is 34.6 Å². The van der Waals surface area contributed by atoms with E-state index < -0.39 is 0 Å². The van der Waals surface area contributed by atoms with E-state index >= 15 is 0 Å². The molecule has 5 rings (SSSR count). The lowest BCUT2D eigenvalue weighted by molar-refractivity contribution is 0.0952. The molecule has 0 atom stereocenters. The maximum atomic E-state index is 13.0. The molecule has 1 aromatic heterocycles. The van der Waals surface area contributed by atoms with Gasteiger partial charge >= 0.3 is 0 Å². The van der Waals surface area contributed by atoms with Gasteiger partial charge < -0.3 is 19.4 Å². The van der Waals surface area contributed by atoms with Crippen molar-refractivity contribution in [1.82, 2.24) is 10.2 Å². The predicted octanol–water partition coefficient (Wildman–Crippen LogP) is 3.93. The molecule has 184 valence electrons. The average Bonchev–Trinajstić information content (AvgIpc) is 3.74. The Morgan fingerprint density at radius 3 is 2.60 bits per heavy atom. The van der Waals surface area contributed by atoms with Crippen molar-refractivity contribution in [2.75, 3.05) is 51.3 Å². The second kappa shape index (κ2) is 10.1.